The molecule has 7 amide bonds. The summed E-state index contributed by atoms with van der Waals surface area (Å²) in [5, 5.41) is 17.6. The summed E-state index contributed by atoms with van der Waals surface area (Å²) in [6.07, 6.45) is 1.33. The largest absolute Gasteiger partial charge is 0.370 e. The highest BCUT2D eigenvalue weighted by Crippen LogP contribution is 2.20. The average molecular weight is 746 g/mol. The molecule has 1 fully saturated rings. The molecular weight excluding hydrogens is 694 g/mol. The van der Waals surface area contributed by atoms with Crippen LogP contribution in [0.4, 0.5) is 0 Å². The Morgan fingerprint density at radius 2 is 1.37 bits per heavy atom. The van der Waals surface area contributed by atoms with E-state index in [1.165, 1.54) is 0 Å². The lowest BCUT2D eigenvalue weighted by atomic mass is 10.0. The predicted molar refractivity (Wildman–Crippen MR) is 201 cm³/mol. The van der Waals surface area contributed by atoms with E-state index in [0.29, 0.717) is 12.0 Å². The van der Waals surface area contributed by atoms with Gasteiger partial charge in [-0.05, 0) is 36.0 Å². The van der Waals surface area contributed by atoms with Crippen LogP contribution in [-0.4, -0.2) is 89.6 Å². The Balaban J connectivity index is 1.72. The Kier molecular flexibility index (Phi) is 15.1. The summed E-state index contributed by atoms with van der Waals surface area (Å²) in [4.78, 5) is 95.7. The van der Waals surface area contributed by atoms with E-state index in [0.717, 1.165) is 16.5 Å². The van der Waals surface area contributed by atoms with E-state index in [-0.39, 0.29) is 57.0 Å². The molecule has 2 aromatic carbocycles. The van der Waals surface area contributed by atoms with Crippen molar-refractivity contribution in [2.75, 3.05) is 13.1 Å². The fraction of sp³-hybridized carbons (Fsp3) is 0.447. The van der Waals surface area contributed by atoms with Crippen LogP contribution in [0.3, 0.4) is 0 Å². The fourth-order valence-electron chi connectivity index (χ4n) is 6.39. The number of aromatic amines is 1. The molecule has 16 heteroatoms. The molecule has 290 valence electrons. The molecule has 16 nitrogen and oxygen atoms in total. The second kappa shape index (κ2) is 19.9. The first kappa shape index (κ1) is 41.0. The van der Waals surface area contributed by atoms with E-state index >= 15 is 0 Å². The molecular formula is C38H51N9O7. The number of fused-ring (bicyclic) bond motifs is 1. The van der Waals surface area contributed by atoms with Crippen molar-refractivity contribution in [3.05, 3.63) is 71.9 Å². The van der Waals surface area contributed by atoms with E-state index in [1.807, 2.05) is 56.3 Å². The zero-order chi connectivity index (χ0) is 39.2. The van der Waals surface area contributed by atoms with Gasteiger partial charge in [0.05, 0.1) is 12.5 Å². The van der Waals surface area contributed by atoms with Gasteiger partial charge >= 0.3 is 0 Å². The van der Waals surface area contributed by atoms with Crippen molar-refractivity contribution in [3.63, 3.8) is 0 Å². The van der Waals surface area contributed by atoms with Crippen molar-refractivity contribution >= 4 is 52.3 Å². The number of hydrogen-bond acceptors (Lipinski definition) is 8. The minimum Gasteiger partial charge on any atom is -0.370 e. The Bertz CT molecular complexity index is 1800. The molecule has 54 heavy (non-hydrogen) atoms. The van der Waals surface area contributed by atoms with Crippen LogP contribution in [0, 0.1) is 5.92 Å². The first-order valence-corrected chi connectivity index (χ1v) is 18.2. The van der Waals surface area contributed by atoms with Crippen LogP contribution >= 0.6 is 0 Å². The standard InChI is InChI=1S/C38H51N9O7/c1-22(2)16-25-21-43-29(19-33(40)49)37(53)45-28(12-13-32(39)48)36(52)47-31(18-24-20-42-27-11-7-6-10-26(24)27)38(54)46-30(17-23-8-4-3-5-9-23)35(51)41-15-14-34(50)44-25/h3-11,20,22,25,28-31,42-43H,12-19,21H2,1-2H3,(H2,39,48)(H2,40,49)(H,41,51)(H,44,50)(H,45,53)(H,46,54)(H,47,52)/t25?,28-,29?,30-,31-/m0/s1. The van der Waals surface area contributed by atoms with Gasteiger partial charge in [-0.2, -0.15) is 0 Å². The second-order valence-electron chi connectivity index (χ2n) is 14.0. The van der Waals surface area contributed by atoms with Crippen LogP contribution in [0.1, 0.15) is 57.1 Å². The highest BCUT2D eigenvalue weighted by molar-refractivity contribution is 5.96. The number of nitrogens with one attached hydrogen (secondary N) is 7. The molecule has 1 aliphatic heterocycles. The highest BCUT2D eigenvalue weighted by atomic mass is 16.2. The molecule has 1 aliphatic rings. The molecule has 0 spiro atoms. The molecule has 1 aromatic heterocycles. The molecule has 0 radical (unpaired) electrons. The molecule has 11 N–H and O–H groups in total. The van der Waals surface area contributed by atoms with Crippen LogP contribution in [0.2, 0.25) is 0 Å². The summed E-state index contributed by atoms with van der Waals surface area (Å²) >= 11 is 0. The summed E-state index contributed by atoms with van der Waals surface area (Å²) < 4.78 is 0. The Hall–Kier alpha value is -5.77. The third-order valence-corrected chi connectivity index (χ3v) is 9.06. The average Bonchev–Trinajstić information content (AvgIpc) is 3.53. The van der Waals surface area contributed by atoms with E-state index < -0.39 is 72.1 Å². The van der Waals surface area contributed by atoms with Crippen molar-refractivity contribution in [2.45, 2.75) is 89.0 Å². The summed E-state index contributed by atoms with van der Waals surface area (Å²) in [5.74, 6) is -4.52. The van der Waals surface area contributed by atoms with Gasteiger partial charge in [-0.1, -0.05) is 62.4 Å². The third kappa shape index (κ3) is 12.7. The van der Waals surface area contributed by atoms with Gasteiger partial charge in [0.15, 0.2) is 0 Å². The molecule has 5 atom stereocenters. The molecule has 0 bridgehead atoms. The number of hydrogen-bond donors (Lipinski definition) is 9. The Labute approximate surface area is 313 Å². The summed E-state index contributed by atoms with van der Waals surface area (Å²) in [7, 11) is 0. The van der Waals surface area contributed by atoms with Crippen molar-refractivity contribution in [3.8, 4) is 0 Å². The number of benzene rings is 2. The lowest BCUT2D eigenvalue weighted by Gasteiger charge is -2.27. The number of carbonyl (C=O) groups is 7. The van der Waals surface area contributed by atoms with Gasteiger partial charge in [-0.15, -0.1) is 0 Å². The topological polar surface area (TPSA) is 259 Å². The van der Waals surface area contributed by atoms with Crippen LogP contribution in [0.5, 0.6) is 0 Å². The van der Waals surface area contributed by atoms with Crippen LogP contribution in [0.15, 0.2) is 60.8 Å². The number of carbonyl (C=O) groups excluding carboxylic acids is 7. The van der Waals surface area contributed by atoms with E-state index in [2.05, 4.69) is 36.9 Å². The van der Waals surface area contributed by atoms with Crippen molar-refractivity contribution in [1.29, 1.82) is 0 Å². The lowest BCUT2D eigenvalue weighted by molar-refractivity contribution is -0.134. The maximum Gasteiger partial charge on any atom is 0.243 e. The first-order chi connectivity index (χ1) is 25.8. The van der Waals surface area contributed by atoms with Crippen molar-refractivity contribution in [1.82, 2.24) is 36.9 Å². The molecule has 2 unspecified atom stereocenters. The van der Waals surface area contributed by atoms with Crippen LogP contribution in [-0.2, 0) is 46.4 Å². The quantitative estimate of drug-likeness (QED) is 0.124. The maximum absolute atomic E-state index is 14.2. The highest BCUT2D eigenvalue weighted by Gasteiger charge is 2.33. The van der Waals surface area contributed by atoms with Gasteiger partial charge < -0.3 is 48.4 Å². The van der Waals surface area contributed by atoms with Gasteiger partial charge in [0.1, 0.15) is 18.1 Å². The monoisotopic (exact) mass is 745 g/mol. The summed E-state index contributed by atoms with van der Waals surface area (Å²) in [5.41, 5.74) is 13.2. The van der Waals surface area contributed by atoms with E-state index in [9.17, 15) is 33.6 Å². The van der Waals surface area contributed by atoms with Gasteiger partial charge in [-0.3, -0.25) is 33.6 Å². The number of para-hydroxylation sites is 1. The zero-order valence-corrected chi connectivity index (χ0v) is 30.6. The van der Waals surface area contributed by atoms with Gasteiger partial charge in [0.25, 0.3) is 0 Å². The molecule has 1 saturated heterocycles. The minimum atomic E-state index is -1.36. The molecule has 2 heterocycles. The molecule has 3 aromatic rings. The lowest BCUT2D eigenvalue weighted by Crippen LogP contribution is -2.59. The number of H-pyrrole nitrogens is 1. The van der Waals surface area contributed by atoms with Crippen molar-refractivity contribution in [2.24, 2.45) is 17.4 Å². The van der Waals surface area contributed by atoms with E-state index in [1.54, 1.807) is 18.3 Å². The van der Waals surface area contributed by atoms with E-state index in [4.69, 9.17) is 11.5 Å². The van der Waals surface area contributed by atoms with Gasteiger partial charge in [-0.25, -0.2) is 0 Å². The first-order valence-electron chi connectivity index (χ1n) is 18.2. The Morgan fingerprint density at radius 3 is 2.06 bits per heavy atom. The van der Waals surface area contributed by atoms with Crippen LogP contribution in [0.25, 0.3) is 10.9 Å². The summed E-state index contributed by atoms with van der Waals surface area (Å²) in [6, 6.07) is 11.1. The molecule has 0 aliphatic carbocycles. The molecule has 4 rings (SSSR count). The summed E-state index contributed by atoms with van der Waals surface area (Å²) in [6.45, 7) is 3.97. The minimum absolute atomic E-state index is 0.0129. The number of rotatable bonds is 11. The smallest absolute Gasteiger partial charge is 0.243 e. The van der Waals surface area contributed by atoms with Crippen LogP contribution < -0.4 is 43.4 Å². The normalized spacial score (nSPS) is 22.5. The predicted octanol–water partition coefficient (Wildman–Crippen LogP) is -0.443. The number of amides is 7. The fourth-order valence-corrected chi connectivity index (χ4v) is 6.39. The number of nitrogens with two attached hydrogens (primary N) is 2. The molecule has 0 saturated carbocycles. The van der Waals surface area contributed by atoms with Gasteiger partial charge in [0.2, 0.25) is 41.4 Å². The maximum atomic E-state index is 14.2. The van der Waals surface area contributed by atoms with Gasteiger partial charge in [0, 0.05) is 61.9 Å². The number of aromatic nitrogens is 1. The van der Waals surface area contributed by atoms with Crippen molar-refractivity contribution < 1.29 is 33.6 Å². The Morgan fingerprint density at radius 1 is 0.741 bits per heavy atom. The zero-order valence-electron chi connectivity index (χ0n) is 30.6. The second-order valence-corrected chi connectivity index (χ2v) is 14.0. The third-order valence-electron chi connectivity index (χ3n) is 9.06. The SMILES string of the molecule is CC(C)CC1CNC(CC(N)=O)C(=O)N[C@@H](CCC(N)=O)C(=O)N[C@@H](Cc2c[nH]c3ccccc23)C(=O)N[C@@H](Cc2ccccc2)C(=O)NCCC(=O)N1. The number of primary amides is 2.